The van der Waals surface area contributed by atoms with Crippen molar-refractivity contribution < 1.29 is 9.53 Å². The lowest BCUT2D eigenvalue weighted by Crippen LogP contribution is -2.55. The number of benzene rings is 3. The number of amides is 1. The van der Waals surface area contributed by atoms with Crippen LogP contribution in [-0.4, -0.2) is 18.6 Å². The number of hydrogen-bond donors (Lipinski definition) is 0. The summed E-state index contributed by atoms with van der Waals surface area (Å²) in [5.41, 5.74) is 3.80. The second-order valence-electron chi connectivity index (χ2n) is 8.98. The molecule has 31 heavy (non-hydrogen) atoms. The number of carbonyl (C=O) groups is 1. The molecule has 0 saturated heterocycles. The molecule has 0 aliphatic carbocycles. The fraction of sp³-hybridized carbons (Fsp3) is 0.250. The highest BCUT2D eigenvalue weighted by atomic mass is 16.5. The van der Waals surface area contributed by atoms with Crippen molar-refractivity contribution in [2.75, 3.05) is 12.0 Å². The van der Waals surface area contributed by atoms with Gasteiger partial charge in [-0.25, -0.2) is 0 Å². The Morgan fingerprint density at radius 2 is 1.55 bits per heavy atom. The Hall–Kier alpha value is -3.33. The topological polar surface area (TPSA) is 29.5 Å². The van der Waals surface area contributed by atoms with E-state index in [-0.39, 0.29) is 16.9 Å². The van der Waals surface area contributed by atoms with Crippen molar-refractivity contribution in [3.8, 4) is 5.75 Å². The lowest BCUT2D eigenvalue weighted by Gasteiger charge is -2.51. The minimum Gasteiger partial charge on any atom is -0.497 e. The van der Waals surface area contributed by atoms with Gasteiger partial charge >= 0.3 is 0 Å². The van der Waals surface area contributed by atoms with Gasteiger partial charge in [-0.2, -0.15) is 0 Å². The largest absolute Gasteiger partial charge is 0.497 e. The van der Waals surface area contributed by atoms with Gasteiger partial charge in [0, 0.05) is 22.7 Å². The SMILES string of the molecule is COc1ccc(C2(C)CC(C)(C)N(C(=O)C=Cc3ccccc3)c3ccccc32)cc1. The number of carbonyl (C=O) groups excluding carboxylic acids is 1. The van der Waals surface area contributed by atoms with Crippen molar-refractivity contribution in [2.24, 2.45) is 0 Å². The molecule has 1 unspecified atom stereocenters. The Balaban J connectivity index is 1.76. The number of para-hydroxylation sites is 1. The maximum Gasteiger partial charge on any atom is 0.251 e. The van der Waals surface area contributed by atoms with E-state index >= 15 is 0 Å². The minimum atomic E-state index is -0.360. The molecule has 0 saturated carbocycles. The molecule has 0 radical (unpaired) electrons. The molecule has 158 valence electrons. The van der Waals surface area contributed by atoms with Crippen LogP contribution in [0.25, 0.3) is 6.08 Å². The Morgan fingerprint density at radius 3 is 2.23 bits per heavy atom. The van der Waals surface area contributed by atoms with Crippen LogP contribution in [0.3, 0.4) is 0 Å². The predicted molar refractivity (Wildman–Crippen MR) is 128 cm³/mol. The molecule has 0 spiro atoms. The Kier molecular flexibility index (Phi) is 5.45. The average molecular weight is 412 g/mol. The van der Waals surface area contributed by atoms with Crippen LogP contribution in [0.5, 0.6) is 5.75 Å². The Bertz CT molecular complexity index is 1100. The van der Waals surface area contributed by atoms with Crippen molar-refractivity contribution in [3.63, 3.8) is 0 Å². The monoisotopic (exact) mass is 411 g/mol. The summed E-state index contributed by atoms with van der Waals surface area (Å²) in [6.45, 7) is 6.58. The van der Waals surface area contributed by atoms with Crippen LogP contribution < -0.4 is 9.64 Å². The van der Waals surface area contributed by atoms with E-state index in [2.05, 4.69) is 51.1 Å². The smallest absolute Gasteiger partial charge is 0.251 e. The molecule has 0 N–H and O–H groups in total. The van der Waals surface area contributed by atoms with E-state index in [9.17, 15) is 4.79 Å². The number of nitrogens with zero attached hydrogens (tertiary/aromatic N) is 1. The molecule has 4 rings (SSSR count). The van der Waals surface area contributed by atoms with Crippen LogP contribution >= 0.6 is 0 Å². The number of anilines is 1. The van der Waals surface area contributed by atoms with E-state index in [1.54, 1.807) is 13.2 Å². The van der Waals surface area contributed by atoms with Crippen LogP contribution in [-0.2, 0) is 10.2 Å². The molecule has 3 heteroatoms. The molecule has 3 aromatic rings. The summed E-state index contributed by atoms with van der Waals surface area (Å²) in [6.07, 6.45) is 4.39. The number of hydrogen-bond acceptors (Lipinski definition) is 2. The van der Waals surface area contributed by atoms with E-state index in [0.29, 0.717) is 0 Å². The number of methoxy groups -OCH3 is 1. The number of rotatable bonds is 4. The molecule has 1 atom stereocenters. The summed E-state index contributed by atoms with van der Waals surface area (Å²) >= 11 is 0. The van der Waals surface area contributed by atoms with Gasteiger partial charge in [-0.1, -0.05) is 67.6 Å². The van der Waals surface area contributed by atoms with Crippen molar-refractivity contribution in [2.45, 2.75) is 38.1 Å². The average Bonchev–Trinajstić information content (AvgIpc) is 2.78. The van der Waals surface area contributed by atoms with Gasteiger partial charge in [0.1, 0.15) is 5.75 Å². The summed E-state index contributed by atoms with van der Waals surface area (Å²) in [5, 5.41) is 0. The van der Waals surface area contributed by atoms with Crippen molar-refractivity contribution in [1.29, 1.82) is 0 Å². The lowest BCUT2D eigenvalue weighted by atomic mass is 9.65. The predicted octanol–water partition coefficient (Wildman–Crippen LogP) is 6.23. The van der Waals surface area contributed by atoms with Gasteiger partial charge < -0.3 is 9.64 Å². The molecule has 3 nitrogen and oxygen atoms in total. The third kappa shape index (κ3) is 3.88. The van der Waals surface area contributed by atoms with Gasteiger partial charge in [0.25, 0.3) is 5.91 Å². The van der Waals surface area contributed by atoms with Gasteiger partial charge in [-0.3, -0.25) is 4.79 Å². The normalized spacial score (nSPS) is 19.8. The highest BCUT2D eigenvalue weighted by Crippen LogP contribution is 2.50. The fourth-order valence-electron chi connectivity index (χ4n) is 4.94. The van der Waals surface area contributed by atoms with Crippen LogP contribution in [0.4, 0.5) is 5.69 Å². The van der Waals surface area contributed by atoms with Crippen molar-refractivity contribution >= 4 is 17.7 Å². The quantitative estimate of drug-likeness (QED) is 0.476. The maximum atomic E-state index is 13.4. The van der Waals surface area contributed by atoms with E-state index in [1.165, 1.54) is 11.1 Å². The first-order valence-corrected chi connectivity index (χ1v) is 10.7. The van der Waals surface area contributed by atoms with Crippen molar-refractivity contribution in [1.82, 2.24) is 0 Å². The van der Waals surface area contributed by atoms with Crippen LogP contribution in [0.1, 0.15) is 43.9 Å². The lowest BCUT2D eigenvalue weighted by molar-refractivity contribution is -0.115. The Labute approximate surface area is 185 Å². The highest BCUT2D eigenvalue weighted by Gasteiger charge is 2.47. The molecular formula is C28H29NO2. The summed E-state index contributed by atoms with van der Waals surface area (Å²) < 4.78 is 5.35. The zero-order valence-electron chi connectivity index (χ0n) is 18.6. The standard InChI is InChI=1S/C28H29NO2/c1-27(2)20-28(3,22-15-17-23(31-4)18-16-22)24-12-8-9-13-25(24)29(27)26(30)19-14-21-10-6-5-7-11-21/h5-19H,20H2,1-4H3. The third-order valence-corrected chi connectivity index (χ3v) is 6.30. The first-order chi connectivity index (χ1) is 14.8. The zero-order chi connectivity index (χ0) is 22.1. The molecule has 0 bridgehead atoms. The summed E-state index contributed by atoms with van der Waals surface area (Å²) in [5.74, 6) is 0.844. The van der Waals surface area contributed by atoms with Gasteiger partial charge in [0.2, 0.25) is 0 Å². The third-order valence-electron chi connectivity index (χ3n) is 6.30. The van der Waals surface area contributed by atoms with Gasteiger partial charge in [-0.05, 0) is 61.2 Å². The number of fused-ring (bicyclic) bond motifs is 1. The first-order valence-electron chi connectivity index (χ1n) is 10.7. The summed E-state index contributed by atoms with van der Waals surface area (Å²) in [6, 6.07) is 26.5. The van der Waals surface area contributed by atoms with E-state index in [1.807, 2.05) is 59.5 Å². The minimum absolute atomic E-state index is 0.00177. The fourth-order valence-corrected chi connectivity index (χ4v) is 4.94. The van der Waals surface area contributed by atoms with Crippen LogP contribution in [0.2, 0.25) is 0 Å². The van der Waals surface area contributed by atoms with Gasteiger partial charge in [0.05, 0.1) is 7.11 Å². The second kappa shape index (κ2) is 8.07. The maximum absolute atomic E-state index is 13.4. The van der Waals surface area contributed by atoms with Gasteiger partial charge in [0.15, 0.2) is 0 Å². The molecule has 1 aliphatic rings. The molecule has 1 aliphatic heterocycles. The highest BCUT2D eigenvalue weighted by molar-refractivity contribution is 6.06. The van der Waals surface area contributed by atoms with E-state index < -0.39 is 0 Å². The summed E-state index contributed by atoms with van der Waals surface area (Å²) in [7, 11) is 1.68. The Morgan fingerprint density at radius 1 is 0.903 bits per heavy atom. The molecule has 3 aromatic carbocycles. The molecule has 0 fully saturated rings. The number of ether oxygens (including phenoxy) is 1. The van der Waals surface area contributed by atoms with E-state index in [4.69, 9.17) is 4.74 Å². The van der Waals surface area contributed by atoms with Gasteiger partial charge in [-0.15, -0.1) is 0 Å². The first kappa shape index (κ1) is 20.9. The van der Waals surface area contributed by atoms with E-state index in [0.717, 1.165) is 23.4 Å². The molecule has 0 aromatic heterocycles. The molecule has 1 heterocycles. The zero-order valence-corrected chi connectivity index (χ0v) is 18.6. The molecular weight excluding hydrogens is 382 g/mol. The van der Waals surface area contributed by atoms with Crippen molar-refractivity contribution in [3.05, 3.63) is 102 Å². The second-order valence-corrected chi connectivity index (χ2v) is 8.98. The van der Waals surface area contributed by atoms with Crippen LogP contribution in [0, 0.1) is 0 Å². The van der Waals surface area contributed by atoms with Crippen LogP contribution in [0.15, 0.2) is 84.9 Å². The molecule has 1 amide bonds. The summed E-state index contributed by atoms with van der Waals surface area (Å²) in [4.78, 5) is 15.4.